The van der Waals surface area contributed by atoms with Gasteiger partial charge in [0.25, 0.3) is 0 Å². The molecule has 0 aromatic rings. The smallest absolute Gasteiger partial charge is 0.151 e. The summed E-state index contributed by atoms with van der Waals surface area (Å²) in [6.07, 6.45) is 3.28. The molecule has 0 unspecified atom stereocenters. The summed E-state index contributed by atoms with van der Waals surface area (Å²) >= 11 is 0. The normalized spacial score (nSPS) is 35.8. The Hall–Kier alpha value is -0.0900. The van der Waals surface area contributed by atoms with E-state index in [4.69, 9.17) is 0 Å². The molecule has 0 radical (unpaired) electrons. The summed E-state index contributed by atoms with van der Waals surface area (Å²) in [5.74, 6) is 0.751. The number of nitrogens with one attached hydrogen (secondary N) is 1. The summed E-state index contributed by atoms with van der Waals surface area (Å²) in [5, 5.41) is 3.33. The van der Waals surface area contributed by atoms with Gasteiger partial charge < -0.3 is 5.32 Å². The van der Waals surface area contributed by atoms with E-state index in [1.54, 1.807) is 0 Å². The second-order valence-electron chi connectivity index (χ2n) is 3.54. The monoisotopic (exact) mass is 175 g/mol. The van der Waals surface area contributed by atoms with Gasteiger partial charge in [-0.3, -0.25) is 0 Å². The second-order valence-corrected chi connectivity index (χ2v) is 5.77. The minimum atomic E-state index is -2.68. The maximum Gasteiger partial charge on any atom is 0.151 e. The van der Waals surface area contributed by atoms with Crippen LogP contribution in [0.25, 0.3) is 0 Å². The lowest BCUT2D eigenvalue weighted by atomic mass is 10.2. The first-order chi connectivity index (χ1) is 5.16. The number of hydrogen-bond donors (Lipinski definition) is 1. The molecule has 1 aliphatic heterocycles. The zero-order chi connectivity index (χ0) is 7.90. The molecule has 0 aromatic heterocycles. The van der Waals surface area contributed by atoms with E-state index in [2.05, 4.69) is 5.32 Å². The van der Waals surface area contributed by atoms with E-state index in [-0.39, 0.29) is 6.04 Å². The summed E-state index contributed by atoms with van der Waals surface area (Å²) in [4.78, 5) is 0. The van der Waals surface area contributed by atoms with E-state index in [0.29, 0.717) is 17.5 Å². The molecule has 1 saturated heterocycles. The van der Waals surface area contributed by atoms with E-state index >= 15 is 0 Å². The van der Waals surface area contributed by atoms with Crippen LogP contribution >= 0.6 is 0 Å². The van der Waals surface area contributed by atoms with Crippen molar-refractivity contribution in [3.63, 3.8) is 0 Å². The summed E-state index contributed by atoms with van der Waals surface area (Å²) in [5.41, 5.74) is 0. The van der Waals surface area contributed by atoms with Crippen molar-refractivity contribution in [2.24, 2.45) is 0 Å². The minimum Gasteiger partial charge on any atom is -0.310 e. The molecule has 1 heterocycles. The van der Waals surface area contributed by atoms with Crippen molar-refractivity contribution < 1.29 is 8.42 Å². The lowest BCUT2D eigenvalue weighted by molar-refractivity contribution is 0.551. The van der Waals surface area contributed by atoms with Crippen LogP contribution in [0.5, 0.6) is 0 Å². The van der Waals surface area contributed by atoms with Crippen LogP contribution in [0.3, 0.4) is 0 Å². The van der Waals surface area contributed by atoms with E-state index in [9.17, 15) is 8.42 Å². The highest BCUT2D eigenvalue weighted by atomic mass is 32.2. The molecule has 1 N–H and O–H groups in total. The molecule has 2 aliphatic rings. The van der Waals surface area contributed by atoms with E-state index in [1.807, 2.05) is 0 Å². The van der Waals surface area contributed by atoms with Crippen LogP contribution in [0.15, 0.2) is 0 Å². The highest BCUT2D eigenvalue weighted by Gasteiger charge is 2.32. The molecular formula is C7H13NO2S. The third-order valence-corrected chi connectivity index (χ3v) is 4.05. The van der Waals surface area contributed by atoms with Crippen LogP contribution in [0.1, 0.15) is 19.3 Å². The Morgan fingerprint density at radius 3 is 2.27 bits per heavy atom. The fourth-order valence-electron chi connectivity index (χ4n) is 1.51. The van der Waals surface area contributed by atoms with Gasteiger partial charge in [0.05, 0.1) is 11.5 Å². The molecule has 1 saturated carbocycles. The zero-order valence-corrected chi connectivity index (χ0v) is 7.23. The van der Waals surface area contributed by atoms with Gasteiger partial charge in [0.15, 0.2) is 9.84 Å². The Balaban J connectivity index is 1.88. The maximum atomic E-state index is 11.0. The van der Waals surface area contributed by atoms with Crippen LogP contribution in [0.4, 0.5) is 0 Å². The van der Waals surface area contributed by atoms with Gasteiger partial charge in [-0.2, -0.15) is 0 Å². The molecule has 3 nitrogen and oxygen atoms in total. The fraction of sp³-hybridized carbons (Fsp3) is 1.00. The molecule has 0 bridgehead atoms. The molecule has 1 aliphatic carbocycles. The third kappa shape index (κ3) is 1.93. The molecule has 0 aromatic carbocycles. The maximum absolute atomic E-state index is 11.0. The Labute approximate surface area is 67.1 Å². The van der Waals surface area contributed by atoms with Crippen molar-refractivity contribution in [3.05, 3.63) is 0 Å². The predicted molar refractivity (Wildman–Crippen MR) is 43.2 cm³/mol. The fourth-order valence-corrected chi connectivity index (χ4v) is 3.20. The number of sulfone groups is 1. The molecule has 11 heavy (non-hydrogen) atoms. The Bertz CT molecular complexity index is 243. The first kappa shape index (κ1) is 7.55. The van der Waals surface area contributed by atoms with E-state index in [1.165, 1.54) is 12.8 Å². The van der Waals surface area contributed by atoms with Crippen LogP contribution in [-0.2, 0) is 9.84 Å². The Morgan fingerprint density at radius 1 is 1.09 bits per heavy atom. The van der Waals surface area contributed by atoms with Crippen LogP contribution in [0.2, 0.25) is 0 Å². The average Bonchev–Trinajstić information content (AvgIpc) is 2.61. The van der Waals surface area contributed by atoms with Crippen molar-refractivity contribution >= 4 is 9.84 Å². The number of rotatable bonds is 2. The second kappa shape index (κ2) is 2.45. The van der Waals surface area contributed by atoms with Crippen LogP contribution in [-0.4, -0.2) is 32.0 Å². The summed E-state index contributed by atoms with van der Waals surface area (Å²) in [6, 6.07) is 0.890. The topological polar surface area (TPSA) is 46.2 Å². The largest absolute Gasteiger partial charge is 0.310 e. The molecule has 2 fully saturated rings. The van der Waals surface area contributed by atoms with E-state index < -0.39 is 9.84 Å². The van der Waals surface area contributed by atoms with Gasteiger partial charge in [-0.15, -0.1) is 0 Å². The van der Waals surface area contributed by atoms with Crippen LogP contribution < -0.4 is 5.32 Å². The third-order valence-electron chi connectivity index (χ3n) is 2.28. The summed E-state index contributed by atoms with van der Waals surface area (Å²) in [6.45, 7) is 0. The van der Waals surface area contributed by atoms with Gasteiger partial charge in [-0.1, -0.05) is 0 Å². The van der Waals surface area contributed by atoms with Gasteiger partial charge in [-0.05, 0) is 19.3 Å². The van der Waals surface area contributed by atoms with Crippen molar-refractivity contribution in [2.45, 2.75) is 31.3 Å². The van der Waals surface area contributed by atoms with E-state index in [0.717, 1.165) is 6.42 Å². The van der Waals surface area contributed by atoms with Crippen molar-refractivity contribution in [1.29, 1.82) is 0 Å². The Kier molecular flexibility index (Phi) is 1.68. The van der Waals surface area contributed by atoms with Gasteiger partial charge >= 0.3 is 0 Å². The lowest BCUT2D eigenvalue weighted by Crippen LogP contribution is -2.31. The molecule has 1 atom stereocenters. The van der Waals surface area contributed by atoms with Gasteiger partial charge in [-0.25, -0.2) is 8.42 Å². The molecule has 4 heteroatoms. The Morgan fingerprint density at radius 2 is 1.82 bits per heavy atom. The number of hydrogen-bond acceptors (Lipinski definition) is 3. The molecule has 0 amide bonds. The summed E-state index contributed by atoms with van der Waals surface area (Å²) in [7, 11) is -2.68. The predicted octanol–water partition coefficient (Wildman–Crippen LogP) is -0.0745. The molecule has 64 valence electrons. The highest BCUT2D eigenvalue weighted by molar-refractivity contribution is 7.91. The van der Waals surface area contributed by atoms with Crippen molar-refractivity contribution in [2.75, 3.05) is 11.5 Å². The van der Waals surface area contributed by atoms with Gasteiger partial charge in [0.1, 0.15) is 0 Å². The quantitative estimate of drug-likeness (QED) is 0.639. The molecular weight excluding hydrogens is 162 g/mol. The average molecular weight is 175 g/mol. The first-order valence-electron chi connectivity index (χ1n) is 4.12. The van der Waals surface area contributed by atoms with Gasteiger partial charge in [0.2, 0.25) is 0 Å². The van der Waals surface area contributed by atoms with Gasteiger partial charge in [0, 0.05) is 12.1 Å². The zero-order valence-electron chi connectivity index (χ0n) is 6.41. The SMILES string of the molecule is O=S1(=O)CC[C@@H](NC2CC2)C1. The van der Waals surface area contributed by atoms with Crippen molar-refractivity contribution in [3.8, 4) is 0 Å². The molecule has 2 rings (SSSR count). The van der Waals surface area contributed by atoms with Crippen molar-refractivity contribution in [1.82, 2.24) is 5.32 Å². The van der Waals surface area contributed by atoms with Crippen LogP contribution in [0, 0.1) is 0 Å². The molecule has 0 spiro atoms. The minimum absolute atomic E-state index is 0.257. The highest BCUT2D eigenvalue weighted by Crippen LogP contribution is 2.22. The first-order valence-corrected chi connectivity index (χ1v) is 5.94. The lowest BCUT2D eigenvalue weighted by Gasteiger charge is -2.07. The summed E-state index contributed by atoms with van der Waals surface area (Å²) < 4.78 is 22.0. The standard InChI is InChI=1S/C7H13NO2S/c9-11(10)4-3-7(5-11)8-6-1-2-6/h6-8H,1-5H2/t7-/m1/s1.